The van der Waals surface area contributed by atoms with Crippen LogP contribution in [0.3, 0.4) is 0 Å². The molecule has 24 heavy (non-hydrogen) atoms. The van der Waals surface area contributed by atoms with E-state index in [9.17, 15) is 5.26 Å². The van der Waals surface area contributed by atoms with Gasteiger partial charge in [0.15, 0.2) is 11.5 Å². The molecule has 2 aromatic carbocycles. The first-order valence-corrected chi connectivity index (χ1v) is 9.01. The maximum atomic E-state index is 9.49. The van der Waals surface area contributed by atoms with Crippen LogP contribution in [0.1, 0.15) is 25.0 Å². The predicted molar refractivity (Wildman–Crippen MR) is 106 cm³/mol. The van der Waals surface area contributed by atoms with E-state index in [0.717, 1.165) is 20.4 Å². The number of nitriles is 1. The average molecular weight is 454 g/mol. The van der Waals surface area contributed by atoms with Crippen molar-refractivity contribution >= 4 is 45.8 Å². The Morgan fingerprint density at radius 1 is 1.21 bits per heavy atom. The fourth-order valence-corrected chi connectivity index (χ4v) is 3.19. The zero-order valence-corrected chi connectivity index (χ0v) is 16.4. The largest absolute Gasteiger partial charge is 0.490 e. The van der Waals surface area contributed by atoms with E-state index in [-0.39, 0.29) is 0 Å². The van der Waals surface area contributed by atoms with Gasteiger partial charge in [-0.2, -0.15) is 5.26 Å². The lowest BCUT2D eigenvalue weighted by atomic mass is 10.0. The summed E-state index contributed by atoms with van der Waals surface area (Å²) in [7, 11) is 0. The second-order valence-corrected chi connectivity index (χ2v) is 6.47. The maximum Gasteiger partial charge on any atom is 0.174 e. The van der Waals surface area contributed by atoms with Crippen molar-refractivity contribution in [3.8, 4) is 17.6 Å². The fraction of sp³-hybridized carbons (Fsp3) is 0.211. The first-order valence-electron chi connectivity index (χ1n) is 7.55. The van der Waals surface area contributed by atoms with Crippen LogP contribution in [0.4, 0.5) is 0 Å². The van der Waals surface area contributed by atoms with E-state index in [1.807, 2.05) is 44.2 Å². The molecule has 0 heterocycles. The third-order valence-electron chi connectivity index (χ3n) is 3.19. The third-order valence-corrected chi connectivity index (χ3v) is 4.22. The van der Waals surface area contributed by atoms with E-state index < -0.39 is 0 Å². The van der Waals surface area contributed by atoms with Crippen LogP contribution < -0.4 is 9.47 Å². The molecule has 2 rings (SSSR count). The third kappa shape index (κ3) is 4.65. The van der Waals surface area contributed by atoms with Crippen molar-refractivity contribution in [1.82, 2.24) is 0 Å². The van der Waals surface area contributed by atoms with Crippen LogP contribution >= 0.6 is 34.2 Å². The molecule has 5 heteroatoms. The summed E-state index contributed by atoms with van der Waals surface area (Å²) in [5.74, 6) is 1.42. The van der Waals surface area contributed by atoms with Gasteiger partial charge in [0.2, 0.25) is 0 Å². The second-order valence-electron chi connectivity index (χ2n) is 4.88. The Morgan fingerprint density at radius 2 is 1.96 bits per heavy atom. The van der Waals surface area contributed by atoms with Gasteiger partial charge in [-0.15, -0.1) is 0 Å². The van der Waals surface area contributed by atoms with E-state index in [0.29, 0.717) is 29.6 Å². The summed E-state index contributed by atoms with van der Waals surface area (Å²) in [4.78, 5) is 0. The summed E-state index contributed by atoms with van der Waals surface area (Å²) in [6, 6.07) is 13.3. The molecule has 0 spiro atoms. The quantitative estimate of drug-likeness (QED) is 0.315. The van der Waals surface area contributed by atoms with E-state index >= 15 is 0 Å². The highest BCUT2D eigenvalue weighted by molar-refractivity contribution is 14.1. The molecule has 0 radical (unpaired) electrons. The number of allylic oxidation sites excluding steroid dienone is 1. The molecule has 124 valence electrons. The molecule has 0 bridgehead atoms. The summed E-state index contributed by atoms with van der Waals surface area (Å²) in [5, 5.41) is 10.1. The molecule has 0 saturated carbocycles. The molecule has 0 atom stereocenters. The maximum absolute atomic E-state index is 9.49. The Bertz CT molecular complexity index is 796. The van der Waals surface area contributed by atoms with Crippen LogP contribution in [0.5, 0.6) is 11.5 Å². The number of nitrogens with zero attached hydrogens (tertiary/aromatic N) is 1. The van der Waals surface area contributed by atoms with Gasteiger partial charge in [0.25, 0.3) is 0 Å². The normalized spacial score (nSPS) is 11.0. The molecule has 3 nitrogen and oxygen atoms in total. The molecule has 0 aromatic heterocycles. The number of hydrogen-bond acceptors (Lipinski definition) is 3. The van der Waals surface area contributed by atoms with Gasteiger partial charge in [-0.1, -0.05) is 23.7 Å². The van der Waals surface area contributed by atoms with Crippen LogP contribution in [0.25, 0.3) is 11.6 Å². The highest BCUT2D eigenvalue weighted by atomic mass is 127. The van der Waals surface area contributed by atoms with Crippen LogP contribution in [0.2, 0.25) is 5.02 Å². The van der Waals surface area contributed by atoms with Crippen LogP contribution in [-0.4, -0.2) is 13.2 Å². The lowest BCUT2D eigenvalue weighted by Gasteiger charge is -2.13. The molecular formula is C19H17ClINO2. The van der Waals surface area contributed by atoms with Gasteiger partial charge in [0.1, 0.15) is 0 Å². The monoisotopic (exact) mass is 453 g/mol. The van der Waals surface area contributed by atoms with Crippen LogP contribution in [-0.2, 0) is 0 Å². The van der Waals surface area contributed by atoms with Gasteiger partial charge in [-0.25, -0.2) is 0 Å². The molecule has 0 amide bonds. The van der Waals surface area contributed by atoms with E-state index in [1.165, 1.54) is 0 Å². The minimum atomic E-state index is 0.542. The number of rotatable bonds is 6. The van der Waals surface area contributed by atoms with Crippen molar-refractivity contribution in [3.63, 3.8) is 0 Å². The molecule has 0 saturated heterocycles. The lowest BCUT2D eigenvalue weighted by molar-refractivity contribution is 0.286. The van der Waals surface area contributed by atoms with E-state index in [2.05, 4.69) is 28.7 Å². The molecule has 0 aliphatic heterocycles. The van der Waals surface area contributed by atoms with Gasteiger partial charge in [-0.3, -0.25) is 0 Å². The Balaban J connectivity index is 2.49. The zero-order chi connectivity index (χ0) is 17.5. The van der Waals surface area contributed by atoms with E-state index in [4.69, 9.17) is 21.1 Å². The minimum absolute atomic E-state index is 0.542. The number of halogens is 2. The molecule has 0 unspecified atom stereocenters. The highest BCUT2D eigenvalue weighted by Gasteiger charge is 2.12. The summed E-state index contributed by atoms with van der Waals surface area (Å²) >= 11 is 8.24. The van der Waals surface area contributed by atoms with Crippen molar-refractivity contribution < 1.29 is 9.47 Å². The summed E-state index contributed by atoms with van der Waals surface area (Å²) in [5.41, 5.74) is 2.20. The number of hydrogen-bond donors (Lipinski definition) is 0. The van der Waals surface area contributed by atoms with Gasteiger partial charge >= 0.3 is 0 Å². The SMILES string of the molecule is CCOc1cc(/C=C(/C#N)c2cccc(Cl)c2)cc(I)c1OCC. The molecule has 2 aromatic rings. The molecule has 0 aliphatic rings. The Hall–Kier alpha value is -1.71. The zero-order valence-electron chi connectivity index (χ0n) is 13.5. The second kappa shape index (κ2) is 8.95. The van der Waals surface area contributed by atoms with Crippen molar-refractivity contribution in [3.05, 3.63) is 56.1 Å². The summed E-state index contributed by atoms with van der Waals surface area (Å²) < 4.78 is 12.3. The number of ether oxygens (including phenoxy) is 2. The van der Waals surface area contributed by atoms with E-state index in [1.54, 1.807) is 12.1 Å². The molecule has 0 N–H and O–H groups in total. The van der Waals surface area contributed by atoms with Gasteiger partial charge < -0.3 is 9.47 Å². The minimum Gasteiger partial charge on any atom is -0.490 e. The molecule has 0 aliphatic carbocycles. The summed E-state index contributed by atoms with van der Waals surface area (Å²) in [6.45, 7) is 4.98. The van der Waals surface area contributed by atoms with Crippen molar-refractivity contribution in [2.24, 2.45) is 0 Å². The Morgan fingerprint density at radius 3 is 2.58 bits per heavy atom. The van der Waals surface area contributed by atoms with Gasteiger partial charge in [0, 0.05) is 5.02 Å². The predicted octanol–water partition coefficient (Wildman–Crippen LogP) is 5.81. The summed E-state index contributed by atoms with van der Waals surface area (Å²) in [6.07, 6.45) is 1.83. The fourth-order valence-electron chi connectivity index (χ4n) is 2.22. The smallest absolute Gasteiger partial charge is 0.174 e. The van der Waals surface area contributed by atoms with Crippen LogP contribution in [0.15, 0.2) is 36.4 Å². The van der Waals surface area contributed by atoms with Gasteiger partial charge in [-0.05, 0) is 77.9 Å². The number of benzene rings is 2. The molecule has 0 fully saturated rings. The Labute approximate surface area is 161 Å². The van der Waals surface area contributed by atoms with Crippen molar-refractivity contribution in [1.29, 1.82) is 5.26 Å². The first kappa shape index (κ1) is 18.6. The first-order chi connectivity index (χ1) is 11.6. The van der Waals surface area contributed by atoms with Crippen molar-refractivity contribution in [2.75, 3.05) is 13.2 Å². The average Bonchev–Trinajstić information content (AvgIpc) is 2.56. The van der Waals surface area contributed by atoms with Crippen molar-refractivity contribution in [2.45, 2.75) is 13.8 Å². The Kier molecular flexibility index (Phi) is 6.95. The highest BCUT2D eigenvalue weighted by Crippen LogP contribution is 2.35. The standard InChI is InChI=1S/C19H17ClINO2/c1-3-23-18-10-13(9-17(21)19(18)24-4-2)8-15(12-22)14-6-5-7-16(20)11-14/h5-11H,3-4H2,1-2H3/b15-8-. The van der Waals surface area contributed by atoms with Gasteiger partial charge in [0.05, 0.1) is 28.4 Å². The molecular weight excluding hydrogens is 437 g/mol. The topological polar surface area (TPSA) is 42.2 Å². The lowest BCUT2D eigenvalue weighted by Crippen LogP contribution is -2.00. The van der Waals surface area contributed by atoms with Crippen LogP contribution in [0, 0.1) is 14.9 Å².